The van der Waals surface area contributed by atoms with Crippen LogP contribution in [-0.2, 0) is 25.9 Å². The Morgan fingerprint density at radius 1 is 1.33 bits per heavy atom. The summed E-state index contributed by atoms with van der Waals surface area (Å²) in [6.07, 6.45) is 0.962. The summed E-state index contributed by atoms with van der Waals surface area (Å²) in [5.41, 5.74) is 0.952. The number of hydrogen-bond acceptors (Lipinski definition) is 6. The van der Waals surface area contributed by atoms with E-state index in [1.807, 2.05) is 0 Å². The zero-order chi connectivity index (χ0) is 19.9. The van der Waals surface area contributed by atoms with Crippen molar-refractivity contribution in [3.05, 3.63) is 46.1 Å². The Balaban J connectivity index is 2.48. The molecule has 0 bridgehead atoms. The van der Waals surface area contributed by atoms with Gasteiger partial charge in [0.1, 0.15) is 12.4 Å². The lowest BCUT2D eigenvalue weighted by Gasteiger charge is -2.10. The van der Waals surface area contributed by atoms with E-state index in [9.17, 15) is 22.4 Å². The summed E-state index contributed by atoms with van der Waals surface area (Å²) in [4.78, 5) is 22.9. The highest BCUT2D eigenvalue weighted by atomic mass is 32.2. The second kappa shape index (κ2) is 6.62. The van der Waals surface area contributed by atoms with Crippen LogP contribution in [0.15, 0.2) is 34.0 Å². The largest absolute Gasteiger partial charge is 0.468 e. The number of benzene rings is 1. The van der Waals surface area contributed by atoms with Crippen molar-refractivity contribution in [3.63, 3.8) is 0 Å². The summed E-state index contributed by atoms with van der Waals surface area (Å²) in [5, 5.41) is 6.51. The highest BCUT2D eigenvalue weighted by Crippen LogP contribution is 2.37. The molecule has 142 valence electrons. The van der Waals surface area contributed by atoms with Crippen molar-refractivity contribution in [2.45, 2.75) is 18.4 Å². The SMILES string of the molecule is COC(=O)Cn1c(C)c(-c2ccc(=O)[nH]n2)c2cc(F)cc(S(C)(=O)=O)c21. The summed E-state index contributed by atoms with van der Waals surface area (Å²) in [5.74, 6) is -1.34. The minimum atomic E-state index is -3.80. The molecule has 0 radical (unpaired) electrons. The van der Waals surface area contributed by atoms with Gasteiger partial charge in [-0.15, -0.1) is 0 Å². The van der Waals surface area contributed by atoms with Crippen molar-refractivity contribution < 1.29 is 22.3 Å². The lowest BCUT2D eigenvalue weighted by Crippen LogP contribution is -2.14. The highest BCUT2D eigenvalue weighted by molar-refractivity contribution is 7.91. The number of methoxy groups -OCH3 is 1. The summed E-state index contributed by atoms with van der Waals surface area (Å²) in [6.45, 7) is 1.38. The first-order chi connectivity index (χ1) is 12.6. The molecule has 27 heavy (non-hydrogen) atoms. The van der Waals surface area contributed by atoms with E-state index < -0.39 is 27.2 Å². The third-order valence-corrected chi connectivity index (χ3v) is 5.31. The average molecular weight is 393 g/mol. The van der Waals surface area contributed by atoms with Crippen LogP contribution in [0.2, 0.25) is 0 Å². The van der Waals surface area contributed by atoms with Gasteiger partial charge in [-0.05, 0) is 25.1 Å². The molecule has 3 aromatic rings. The molecule has 0 aliphatic heterocycles. The quantitative estimate of drug-likeness (QED) is 0.671. The molecular formula is C17H16FN3O5S. The number of fused-ring (bicyclic) bond motifs is 1. The highest BCUT2D eigenvalue weighted by Gasteiger charge is 2.25. The fourth-order valence-electron chi connectivity index (χ4n) is 3.02. The van der Waals surface area contributed by atoms with E-state index in [4.69, 9.17) is 4.74 Å². The zero-order valence-corrected chi connectivity index (χ0v) is 15.6. The topological polar surface area (TPSA) is 111 Å². The van der Waals surface area contributed by atoms with Gasteiger partial charge in [-0.1, -0.05) is 0 Å². The molecule has 1 aromatic carbocycles. The maximum absolute atomic E-state index is 14.2. The van der Waals surface area contributed by atoms with E-state index in [1.54, 1.807) is 6.92 Å². The van der Waals surface area contributed by atoms with Crippen LogP contribution in [0.25, 0.3) is 22.2 Å². The Hall–Kier alpha value is -3.01. The maximum atomic E-state index is 14.2. The molecule has 0 aliphatic rings. The standard InChI is InChI=1S/C17H16FN3O5S/c1-9-16(12-4-5-14(22)20-19-12)11-6-10(18)7-13(27(3,24)25)17(11)21(9)8-15(23)26-2/h4-7H,8H2,1-3H3,(H,20,22). The van der Waals surface area contributed by atoms with Gasteiger partial charge < -0.3 is 9.30 Å². The molecule has 3 rings (SSSR count). The fourth-order valence-corrected chi connectivity index (χ4v) is 3.92. The molecule has 0 saturated carbocycles. The van der Waals surface area contributed by atoms with Crippen molar-refractivity contribution in [2.24, 2.45) is 0 Å². The number of aromatic amines is 1. The molecule has 2 aromatic heterocycles. The number of rotatable bonds is 4. The Kier molecular flexibility index (Phi) is 4.60. The second-order valence-corrected chi connectivity index (χ2v) is 7.99. The van der Waals surface area contributed by atoms with Gasteiger partial charge in [0.2, 0.25) is 0 Å². The van der Waals surface area contributed by atoms with Crippen molar-refractivity contribution >= 4 is 26.7 Å². The Morgan fingerprint density at radius 2 is 2.04 bits per heavy atom. The van der Waals surface area contributed by atoms with Crippen molar-refractivity contribution in [2.75, 3.05) is 13.4 Å². The number of hydrogen-bond donors (Lipinski definition) is 1. The number of nitrogens with one attached hydrogen (secondary N) is 1. The van der Waals surface area contributed by atoms with Gasteiger partial charge in [0.15, 0.2) is 9.84 Å². The number of sulfone groups is 1. The van der Waals surface area contributed by atoms with Crippen LogP contribution in [0, 0.1) is 12.7 Å². The normalized spacial score (nSPS) is 11.7. The van der Waals surface area contributed by atoms with E-state index in [2.05, 4.69) is 10.2 Å². The van der Waals surface area contributed by atoms with Crippen molar-refractivity contribution in [1.82, 2.24) is 14.8 Å². The van der Waals surface area contributed by atoms with Crippen molar-refractivity contribution in [3.8, 4) is 11.3 Å². The van der Waals surface area contributed by atoms with E-state index in [0.717, 1.165) is 12.3 Å². The second-order valence-electron chi connectivity index (χ2n) is 6.00. The number of esters is 1. The Bertz CT molecular complexity index is 1210. The number of carbonyl (C=O) groups is 1. The minimum Gasteiger partial charge on any atom is -0.468 e. The van der Waals surface area contributed by atoms with E-state index >= 15 is 0 Å². The number of aromatic nitrogens is 3. The van der Waals surface area contributed by atoms with Gasteiger partial charge in [0.05, 0.1) is 23.2 Å². The smallest absolute Gasteiger partial charge is 0.325 e. The monoisotopic (exact) mass is 393 g/mol. The first-order valence-corrected chi connectivity index (χ1v) is 9.68. The van der Waals surface area contributed by atoms with Gasteiger partial charge in [0, 0.05) is 29.0 Å². The number of H-pyrrole nitrogens is 1. The number of carbonyl (C=O) groups excluding carboxylic acids is 1. The first-order valence-electron chi connectivity index (χ1n) is 7.78. The predicted molar refractivity (Wildman–Crippen MR) is 95.6 cm³/mol. The number of halogens is 1. The first kappa shape index (κ1) is 18.8. The molecule has 0 saturated heterocycles. The van der Waals surface area contributed by atoms with Crippen LogP contribution in [0.3, 0.4) is 0 Å². The summed E-state index contributed by atoms with van der Waals surface area (Å²) in [6, 6.07) is 4.78. The van der Waals surface area contributed by atoms with Crippen LogP contribution in [0.4, 0.5) is 4.39 Å². The van der Waals surface area contributed by atoms with Gasteiger partial charge in [-0.25, -0.2) is 17.9 Å². The summed E-state index contributed by atoms with van der Waals surface area (Å²) < 4.78 is 44.8. The molecule has 0 spiro atoms. The number of ether oxygens (including phenoxy) is 1. The lowest BCUT2D eigenvalue weighted by atomic mass is 10.1. The molecule has 0 aliphatic carbocycles. The Morgan fingerprint density at radius 3 is 2.59 bits per heavy atom. The average Bonchev–Trinajstić information content (AvgIpc) is 2.86. The van der Waals surface area contributed by atoms with Crippen LogP contribution < -0.4 is 5.56 Å². The molecule has 8 nitrogen and oxygen atoms in total. The van der Waals surface area contributed by atoms with Crippen LogP contribution in [-0.4, -0.2) is 42.5 Å². The van der Waals surface area contributed by atoms with E-state index in [0.29, 0.717) is 17.0 Å². The third-order valence-electron chi connectivity index (χ3n) is 4.20. The molecule has 0 atom stereocenters. The fraction of sp³-hybridized carbons (Fsp3) is 0.235. The zero-order valence-electron chi connectivity index (χ0n) is 14.7. The van der Waals surface area contributed by atoms with E-state index in [1.165, 1.54) is 29.9 Å². The Labute approximate surface area is 153 Å². The van der Waals surface area contributed by atoms with Crippen LogP contribution in [0.5, 0.6) is 0 Å². The minimum absolute atomic E-state index is 0.171. The van der Waals surface area contributed by atoms with Crippen LogP contribution >= 0.6 is 0 Å². The summed E-state index contributed by atoms with van der Waals surface area (Å²) in [7, 11) is -2.59. The lowest BCUT2D eigenvalue weighted by molar-refractivity contribution is -0.141. The maximum Gasteiger partial charge on any atom is 0.325 e. The summed E-state index contributed by atoms with van der Waals surface area (Å²) >= 11 is 0. The molecule has 1 N–H and O–H groups in total. The van der Waals surface area contributed by atoms with Crippen molar-refractivity contribution in [1.29, 1.82) is 0 Å². The van der Waals surface area contributed by atoms with E-state index in [-0.39, 0.29) is 22.3 Å². The van der Waals surface area contributed by atoms with Gasteiger partial charge in [0.25, 0.3) is 5.56 Å². The number of nitrogens with zero attached hydrogens (tertiary/aromatic N) is 2. The molecule has 0 fully saturated rings. The molecule has 2 heterocycles. The van der Waals surface area contributed by atoms with Gasteiger partial charge >= 0.3 is 5.97 Å². The molecule has 0 unspecified atom stereocenters. The van der Waals surface area contributed by atoms with Gasteiger partial charge in [-0.3, -0.25) is 9.59 Å². The molecular weight excluding hydrogens is 377 g/mol. The van der Waals surface area contributed by atoms with Crippen LogP contribution in [0.1, 0.15) is 5.69 Å². The molecule has 10 heteroatoms. The third kappa shape index (κ3) is 3.35. The molecule has 0 amide bonds. The van der Waals surface area contributed by atoms with Gasteiger partial charge in [-0.2, -0.15) is 5.10 Å². The predicted octanol–water partition coefficient (Wildman–Crippen LogP) is 1.42.